The molecule has 1 aromatic heterocycles. The van der Waals surface area contributed by atoms with Gasteiger partial charge < -0.3 is 15.0 Å². The Kier molecular flexibility index (Phi) is 7.00. The summed E-state index contributed by atoms with van der Waals surface area (Å²) in [5.41, 5.74) is 4.58. The molecule has 1 saturated heterocycles. The van der Waals surface area contributed by atoms with Gasteiger partial charge in [0.05, 0.1) is 5.69 Å². The number of aromatic nitrogens is 2. The summed E-state index contributed by atoms with van der Waals surface area (Å²) in [4.78, 5) is 14.7. The van der Waals surface area contributed by atoms with Crippen LogP contribution in [0, 0.1) is 13.8 Å². The molecule has 2 heterocycles. The van der Waals surface area contributed by atoms with Gasteiger partial charge in [-0.2, -0.15) is 0 Å². The second kappa shape index (κ2) is 10.3. The van der Waals surface area contributed by atoms with Crippen molar-refractivity contribution in [3.63, 3.8) is 0 Å². The minimum Gasteiger partial charge on any atom is -0.483 e. The predicted octanol–water partition coefficient (Wildman–Crippen LogP) is 5.16. The average molecular weight is 431 g/mol. The molecule has 0 atom stereocenters. The van der Waals surface area contributed by atoms with Gasteiger partial charge in [-0.05, 0) is 68.1 Å². The molecule has 0 saturated carbocycles. The van der Waals surface area contributed by atoms with Crippen LogP contribution in [0.15, 0.2) is 54.6 Å². The summed E-state index contributed by atoms with van der Waals surface area (Å²) in [7, 11) is 0. The monoisotopic (exact) mass is 430 g/mol. The number of aryl methyl sites for hydroxylation is 1. The summed E-state index contributed by atoms with van der Waals surface area (Å²) >= 11 is 0. The quantitative estimate of drug-likeness (QED) is 0.585. The maximum atomic E-state index is 12.4. The van der Waals surface area contributed by atoms with Gasteiger partial charge >= 0.3 is 0 Å². The summed E-state index contributed by atoms with van der Waals surface area (Å²) in [6.07, 6.45) is 4.99. The van der Waals surface area contributed by atoms with Gasteiger partial charge in [-0.1, -0.05) is 37.1 Å². The summed E-state index contributed by atoms with van der Waals surface area (Å²) in [5, 5.41) is 11.8. The molecule has 2 aromatic carbocycles. The van der Waals surface area contributed by atoms with Crippen molar-refractivity contribution in [2.75, 3.05) is 29.9 Å². The zero-order valence-electron chi connectivity index (χ0n) is 18.8. The molecule has 0 radical (unpaired) electrons. The highest BCUT2D eigenvalue weighted by molar-refractivity contribution is 5.92. The number of nitrogens with one attached hydrogen (secondary N) is 1. The normalized spacial score (nSPS) is 14.0. The fraction of sp³-hybridized carbons (Fsp3) is 0.346. The van der Waals surface area contributed by atoms with Crippen molar-refractivity contribution in [2.24, 2.45) is 0 Å². The molecule has 6 heteroatoms. The van der Waals surface area contributed by atoms with Gasteiger partial charge in [-0.15, -0.1) is 10.2 Å². The Labute approximate surface area is 189 Å². The van der Waals surface area contributed by atoms with Crippen molar-refractivity contribution in [1.29, 1.82) is 0 Å². The van der Waals surface area contributed by atoms with Gasteiger partial charge in [0, 0.05) is 24.3 Å². The number of benzene rings is 2. The van der Waals surface area contributed by atoms with E-state index < -0.39 is 0 Å². The SMILES string of the molecule is Cc1cccc(OCC(=O)Nc2cccc(-c3ccc(N4CCCCCC4)nn3)c2)c1C. The third-order valence-electron chi connectivity index (χ3n) is 5.94. The molecule has 166 valence electrons. The summed E-state index contributed by atoms with van der Waals surface area (Å²) in [6, 6.07) is 17.5. The lowest BCUT2D eigenvalue weighted by Crippen LogP contribution is -2.25. The standard InChI is InChI=1S/C26H30N4O2/c1-19-9-7-12-24(20(19)2)32-18-26(31)27-22-11-8-10-21(17-22)23-13-14-25(29-28-23)30-15-5-3-4-6-16-30/h7-14,17H,3-6,15-16,18H2,1-2H3,(H,27,31). The van der Waals surface area contributed by atoms with Gasteiger partial charge in [0.2, 0.25) is 0 Å². The van der Waals surface area contributed by atoms with Crippen molar-refractivity contribution in [1.82, 2.24) is 10.2 Å². The third-order valence-corrected chi connectivity index (χ3v) is 5.94. The highest BCUT2D eigenvalue weighted by atomic mass is 16.5. The Bertz CT molecular complexity index is 1060. The Hall–Kier alpha value is -3.41. The van der Waals surface area contributed by atoms with Crippen LogP contribution in [-0.4, -0.2) is 35.8 Å². The number of rotatable bonds is 6. The van der Waals surface area contributed by atoms with E-state index in [2.05, 4.69) is 20.4 Å². The van der Waals surface area contributed by atoms with Crippen molar-refractivity contribution in [2.45, 2.75) is 39.5 Å². The largest absolute Gasteiger partial charge is 0.483 e. The minimum atomic E-state index is -0.203. The first-order valence-electron chi connectivity index (χ1n) is 11.3. The molecule has 0 unspecified atom stereocenters. The maximum absolute atomic E-state index is 12.4. The molecule has 1 fully saturated rings. The van der Waals surface area contributed by atoms with E-state index in [4.69, 9.17) is 4.74 Å². The van der Waals surface area contributed by atoms with Crippen LogP contribution in [0.25, 0.3) is 11.3 Å². The lowest BCUT2D eigenvalue weighted by molar-refractivity contribution is -0.118. The number of anilines is 2. The summed E-state index contributed by atoms with van der Waals surface area (Å²) in [5.74, 6) is 1.46. The molecular formula is C26H30N4O2. The van der Waals surface area contributed by atoms with Crippen molar-refractivity contribution >= 4 is 17.4 Å². The van der Waals surface area contributed by atoms with E-state index in [0.717, 1.165) is 47.0 Å². The number of hydrogen-bond acceptors (Lipinski definition) is 5. The first-order valence-corrected chi connectivity index (χ1v) is 11.3. The van der Waals surface area contributed by atoms with E-state index in [1.165, 1.54) is 25.7 Å². The van der Waals surface area contributed by atoms with Crippen molar-refractivity contribution in [3.05, 3.63) is 65.7 Å². The maximum Gasteiger partial charge on any atom is 0.262 e. The fourth-order valence-electron chi connectivity index (χ4n) is 3.92. The van der Waals surface area contributed by atoms with Crippen LogP contribution in [0.2, 0.25) is 0 Å². The first-order chi connectivity index (χ1) is 15.6. The van der Waals surface area contributed by atoms with Crippen LogP contribution >= 0.6 is 0 Å². The van der Waals surface area contributed by atoms with Crippen molar-refractivity contribution in [3.8, 4) is 17.0 Å². The highest BCUT2D eigenvalue weighted by Crippen LogP contribution is 2.24. The van der Waals surface area contributed by atoms with E-state index in [0.29, 0.717) is 5.69 Å². The topological polar surface area (TPSA) is 67.3 Å². The Morgan fingerprint density at radius 2 is 1.75 bits per heavy atom. The molecule has 1 amide bonds. The number of hydrogen-bond donors (Lipinski definition) is 1. The lowest BCUT2D eigenvalue weighted by atomic mass is 10.1. The van der Waals surface area contributed by atoms with Gasteiger partial charge in [0.15, 0.2) is 12.4 Å². The summed E-state index contributed by atoms with van der Waals surface area (Å²) < 4.78 is 5.71. The molecule has 1 N–H and O–H groups in total. The first kappa shape index (κ1) is 21.8. The molecule has 0 aliphatic carbocycles. The number of amides is 1. The van der Waals surface area contributed by atoms with Crippen LogP contribution in [-0.2, 0) is 4.79 Å². The lowest BCUT2D eigenvalue weighted by Gasteiger charge is -2.20. The zero-order valence-corrected chi connectivity index (χ0v) is 18.8. The Morgan fingerprint density at radius 1 is 0.969 bits per heavy atom. The number of nitrogens with zero attached hydrogens (tertiary/aromatic N) is 3. The van der Waals surface area contributed by atoms with Gasteiger partial charge in [0.25, 0.3) is 5.91 Å². The van der Waals surface area contributed by atoms with Crippen LogP contribution in [0.4, 0.5) is 11.5 Å². The van der Waals surface area contributed by atoms with Crippen LogP contribution in [0.3, 0.4) is 0 Å². The molecule has 32 heavy (non-hydrogen) atoms. The van der Waals surface area contributed by atoms with Crippen molar-refractivity contribution < 1.29 is 9.53 Å². The zero-order chi connectivity index (χ0) is 22.3. The number of carbonyl (C=O) groups excluding carboxylic acids is 1. The summed E-state index contributed by atoms with van der Waals surface area (Å²) in [6.45, 7) is 6.06. The molecular weight excluding hydrogens is 400 g/mol. The molecule has 6 nitrogen and oxygen atoms in total. The third kappa shape index (κ3) is 5.44. The number of ether oxygens (including phenoxy) is 1. The minimum absolute atomic E-state index is 0.0428. The van der Waals surface area contributed by atoms with Gasteiger partial charge in [-0.3, -0.25) is 4.79 Å². The van der Waals surface area contributed by atoms with E-state index in [1.54, 1.807) is 0 Å². The average Bonchev–Trinajstić information content (AvgIpc) is 3.10. The molecule has 1 aliphatic heterocycles. The predicted molar refractivity (Wildman–Crippen MR) is 128 cm³/mol. The fourth-order valence-corrected chi connectivity index (χ4v) is 3.92. The van der Waals surface area contributed by atoms with E-state index in [1.807, 2.05) is 68.4 Å². The van der Waals surface area contributed by atoms with E-state index >= 15 is 0 Å². The van der Waals surface area contributed by atoms with Crippen LogP contribution in [0.1, 0.15) is 36.8 Å². The van der Waals surface area contributed by atoms with Crippen LogP contribution < -0.4 is 15.0 Å². The smallest absolute Gasteiger partial charge is 0.262 e. The Balaban J connectivity index is 1.38. The Morgan fingerprint density at radius 3 is 2.50 bits per heavy atom. The second-order valence-electron chi connectivity index (χ2n) is 8.29. The molecule has 0 spiro atoms. The highest BCUT2D eigenvalue weighted by Gasteiger charge is 2.12. The van der Waals surface area contributed by atoms with Gasteiger partial charge in [0.1, 0.15) is 5.75 Å². The van der Waals surface area contributed by atoms with Crippen LogP contribution in [0.5, 0.6) is 5.75 Å². The van der Waals surface area contributed by atoms with Gasteiger partial charge in [-0.25, -0.2) is 0 Å². The van der Waals surface area contributed by atoms with E-state index in [-0.39, 0.29) is 12.5 Å². The molecule has 0 bridgehead atoms. The molecule has 4 rings (SSSR count). The molecule has 1 aliphatic rings. The molecule has 3 aromatic rings. The second-order valence-corrected chi connectivity index (χ2v) is 8.29. The number of carbonyl (C=O) groups is 1. The van der Waals surface area contributed by atoms with E-state index in [9.17, 15) is 4.79 Å².